The predicted octanol–water partition coefficient (Wildman–Crippen LogP) is 3.62. The summed E-state index contributed by atoms with van der Waals surface area (Å²) in [7, 11) is 0. The van der Waals surface area contributed by atoms with Crippen LogP contribution in [-0.4, -0.2) is 51.8 Å². The van der Waals surface area contributed by atoms with Gasteiger partial charge in [0.25, 0.3) is 0 Å². The average molecular weight is 503 g/mol. The third kappa shape index (κ3) is 3.48. The Morgan fingerprint density at radius 1 is 1.14 bits per heavy atom. The van der Waals surface area contributed by atoms with Gasteiger partial charge >= 0.3 is 11.9 Å². The van der Waals surface area contributed by atoms with E-state index in [2.05, 4.69) is 0 Å². The lowest BCUT2D eigenvalue weighted by atomic mass is 9.59. The van der Waals surface area contributed by atoms with Gasteiger partial charge in [0.1, 0.15) is 6.10 Å². The molecule has 7 heteroatoms. The van der Waals surface area contributed by atoms with E-state index in [0.717, 1.165) is 0 Å². The molecule has 9 atom stereocenters. The van der Waals surface area contributed by atoms with E-state index < -0.39 is 46.4 Å². The molecule has 0 aromatic rings. The normalized spacial score (nSPS) is 41.2. The van der Waals surface area contributed by atoms with Crippen molar-refractivity contribution in [2.24, 2.45) is 46.8 Å². The maximum atomic E-state index is 13.1. The summed E-state index contributed by atoms with van der Waals surface area (Å²) in [6.45, 7) is 14.6. The largest absolute Gasteiger partial charge is 0.457 e. The zero-order valence-electron chi connectivity index (χ0n) is 22.8. The van der Waals surface area contributed by atoms with Crippen LogP contribution in [0.1, 0.15) is 68.2 Å². The highest BCUT2D eigenvalue weighted by molar-refractivity contribution is 6.00. The third-order valence-corrected chi connectivity index (χ3v) is 9.88. The molecule has 36 heavy (non-hydrogen) atoms. The average Bonchev–Trinajstić information content (AvgIpc) is 3.22. The van der Waals surface area contributed by atoms with Gasteiger partial charge in [-0.25, -0.2) is 0 Å². The molecular weight excluding hydrogens is 460 g/mol. The highest BCUT2D eigenvalue weighted by atomic mass is 16.6. The first kappa shape index (κ1) is 27.1. The van der Waals surface area contributed by atoms with Crippen molar-refractivity contribution < 1.29 is 34.1 Å². The third-order valence-electron chi connectivity index (χ3n) is 9.88. The van der Waals surface area contributed by atoms with Crippen molar-refractivity contribution in [1.29, 1.82) is 0 Å². The van der Waals surface area contributed by atoms with Crippen LogP contribution in [-0.2, 0) is 23.9 Å². The summed E-state index contributed by atoms with van der Waals surface area (Å²) in [5.74, 6) is -3.97. The zero-order chi connectivity index (χ0) is 27.0. The topological polar surface area (TPSA) is 110 Å². The highest BCUT2D eigenvalue weighted by Crippen LogP contribution is 2.77. The van der Waals surface area contributed by atoms with Crippen molar-refractivity contribution in [3.63, 3.8) is 0 Å². The summed E-state index contributed by atoms with van der Waals surface area (Å²) in [5.41, 5.74) is -1.85. The molecule has 0 bridgehead atoms. The van der Waals surface area contributed by atoms with Gasteiger partial charge in [0, 0.05) is 35.0 Å². The van der Waals surface area contributed by atoms with Crippen LogP contribution in [0.2, 0.25) is 0 Å². The van der Waals surface area contributed by atoms with Crippen molar-refractivity contribution in [3.05, 3.63) is 23.3 Å². The zero-order valence-corrected chi connectivity index (χ0v) is 22.8. The van der Waals surface area contributed by atoms with E-state index in [1.165, 1.54) is 0 Å². The van der Waals surface area contributed by atoms with Crippen molar-refractivity contribution in [2.45, 2.75) is 85.5 Å². The van der Waals surface area contributed by atoms with Gasteiger partial charge < -0.3 is 19.7 Å². The fraction of sp³-hybridized carbons (Fsp3) is 0.759. The number of hydrogen-bond donors (Lipinski definition) is 2. The van der Waals surface area contributed by atoms with Gasteiger partial charge in [-0.1, -0.05) is 60.6 Å². The smallest absolute Gasteiger partial charge is 0.309 e. The number of carbonyl (C=O) groups excluding carboxylic acids is 3. The summed E-state index contributed by atoms with van der Waals surface area (Å²) in [5, 5.41) is 22.8. The Morgan fingerprint density at radius 3 is 2.33 bits per heavy atom. The predicted molar refractivity (Wildman–Crippen MR) is 133 cm³/mol. The van der Waals surface area contributed by atoms with Gasteiger partial charge in [-0.05, 0) is 30.9 Å². The fourth-order valence-electron chi connectivity index (χ4n) is 7.45. The molecule has 2 fully saturated rings. The summed E-state index contributed by atoms with van der Waals surface area (Å²) in [4.78, 5) is 39.3. The van der Waals surface area contributed by atoms with Crippen LogP contribution >= 0.6 is 0 Å². The van der Waals surface area contributed by atoms with E-state index in [4.69, 9.17) is 9.47 Å². The molecule has 200 valence electrons. The van der Waals surface area contributed by atoms with Crippen molar-refractivity contribution in [1.82, 2.24) is 0 Å². The molecule has 4 aliphatic carbocycles. The summed E-state index contributed by atoms with van der Waals surface area (Å²) in [6.07, 6.45) is 3.86. The minimum Gasteiger partial charge on any atom is -0.457 e. The van der Waals surface area contributed by atoms with E-state index in [1.807, 2.05) is 39.8 Å². The lowest BCUT2D eigenvalue weighted by Gasteiger charge is -2.52. The first-order chi connectivity index (χ1) is 16.7. The first-order valence-corrected chi connectivity index (χ1v) is 13.4. The number of allylic oxidation sites excluding steroid dienone is 1. The number of aliphatic hydroxyl groups is 2. The number of carbonyl (C=O) groups is 3. The van der Waals surface area contributed by atoms with Crippen molar-refractivity contribution in [2.75, 3.05) is 6.61 Å². The minimum atomic E-state index is -1.43. The molecular formula is C29H42O7. The SMILES string of the molecule is CC[C@H](C)C(=O)O[C@@H]1[C@@H](C)[C@]2(O)[C@@H]3C=C(C)C(=O)[C@@H]3CC(CO)=C[C@H]2[C@@H]2C(C)(C)[C@]12OC(=O)C(C)C. The van der Waals surface area contributed by atoms with Crippen LogP contribution in [0.15, 0.2) is 23.3 Å². The van der Waals surface area contributed by atoms with Gasteiger partial charge in [0.05, 0.1) is 24.0 Å². The molecule has 0 aromatic carbocycles. The quantitative estimate of drug-likeness (QED) is 0.422. The van der Waals surface area contributed by atoms with Crippen LogP contribution < -0.4 is 0 Å². The summed E-state index contributed by atoms with van der Waals surface area (Å²) in [6, 6.07) is 0. The molecule has 0 spiro atoms. The molecule has 2 N–H and O–H groups in total. The Balaban J connectivity index is 1.91. The molecule has 4 rings (SSSR count). The number of ketones is 1. The maximum Gasteiger partial charge on any atom is 0.309 e. The van der Waals surface area contributed by atoms with Gasteiger partial charge in [-0.3, -0.25) is 14.4 Å². The van der Waals surface area contributed by atoms with Gasteiger partial charge in [0.15, 0.2) is 11.4 Å². The Kier molecular flexibility index (Phi) is 6.61. The fourth-order valence-corrected chi connectivity index (χ4v) is 7.45. The molecule has 4 aliphatic rings. The second kappa shape index (κ2) is 8.80. The van der Waals surface area contributed by atoms with E-state index in [0.29, 0.717) is 24.0 Å². The molecule has 0 aromatic heterocycles. The number of Topliss-reactive ketones (excluding diaryl/α,β-unsaturated/α-hetero) is 1. The number of ether oxygens (including phenoxy) is 2. The molecule has 0 aliphatic heterocycles. The lowest BCUT2D eigenvalue weighted by molar-refractivity contribution is -0.223. The second-order valence-electron chi connectivity index (χ2n) is 12.5. The number of hydrogen-bond acceptors (Lipinski definition) is 7. The Hall–Kier alpha value is -1.99. The molecule has 0 saturated heterocycles. The molecule has 0 radical (unpaired) electrons. The molecule has 0 unspecified atom stereocenters. The van der Waals surface area contributed by atoms with E-state index in [-0.39, 0.29) is 42.1 Å². The van der Waals surface area contributed by atoms with Crippen LogP contribution in [0.4, 0.5) is 0 Å². The number of fused-ring (bicyclic) bond motifs is 5. The number of esters is 2. The van der Waals surface area contributed by atoms with E-state index in [1.54, 1.807) is 27.7 Å². The van der Waals surface area contributed by atoms with Crippen LogP contribution in [0.3, 0.4) is 0 Å². The van der Waals surface area contributed by atoms with Crippen molar-refractivity contribution in [3.8, 4) is 0 Å². The molecule has 2 saturated carbocycles. The summed E-state index contributed by atoms with van der Waals surface area (Å²) < 4.78 is 12.5. The summed E-state index contributed by atoms with van der Waals surface area (Å²) >= 11 is 0. The van der Waals surface area contributed by atoms with E-state index in [9.17, 15) is 24.6 Å². The maximum absolute atomic E-state index is 13.1. The Bertz CT molecular complexity index is 1020. The van der Waals surface area contributed by atoms with Gasteiger partial charge in [-0.15, -0.1) is 0 Å². The lowest BCUT2D eigenvalue weighted by Crippen LogP contribution is -2.64. The Labute approximate surface area is 214 Å². The first-order valence-electron chi connectivity index (χ1n) is 13.4. The standard InChI is InChI=1S/C29H42O7/c1-9-15(4)26(33)35-24-17(6)28(34)20-10-16(5)22(31)19(20)11-18(13-30)12-21(28)23-27(7,8)29(23,24)36-25(32)14(2)3/h10,12,14-15,17,19-21,23-24,30,34H,9,11,13H2,1-8H3/t15-,17+,19+,20+,21-,23+,24+,28-,29+/m0/s1. The van der Waals surface area contributed by atoms with Crippen LogP contribution in [0.25, 0.3) is 0 Å². The second-order valence-corrected chi connectivity index (χ2v) is 12.5. The molecule has 7 nitrogen and oxygen atoms in total. The van der Waals surface area contributed by atoms with E-state index >= 15 is 0 Å². The van der Waals surface area contributed by atoms with Crippen LogP contribution in [0, 0.1) is 46.8 Å². The molecule has 0 heterocycles. The van der Waals surface area contributed by atoms with Crippen molar-refractivity contribution >= 4 is 17.7 Å². The Morgan fingerprint density at radius 2 is 1.78 bits per heavy atom. The van der Waals surface area contributed by atoms with Gasteiger partial charge in [-0.2, -0.15) is 0 Å². The highest BCUT2D eigenvalue weighted by Gasteiger charge is 2.87. The minimum absolute atomic E-state index is 0.0214. The number of aliphatic hydroxyl groups excluding tert-OH is 1. The van der Waals surface area contributed by atoms with Gasteiger partial charge in [0.2, 0.25) is 0 Å². The number of rotatable bonds is 6. The molecule has 0 amide bonds. The van der Waals surface area contributed by atoms with Crippen LogP contribution in [0.5, 0.6) is 0 Å². The monoisotopic (exact) mass is 502 g/mol.